The third-order valence-corrected chi connectivity index (χ3v) is 9.92. The minimum Gasteiger partial charge on any atom is -0.395 e. The molecule has 0 bridgehead atoms. The first-order valence-corrected chi connectivity index (χ1v) is 13.2. The number of nitriles is 1. The van der Waals surface area contributed by atoms with Crippen molar-refractivity contribution in [2.45, 2.75) is 44.4 Å². The standard InChI is InChI=1S/C26H31N3O3S/c1-3-19-9-13-25-26(18(2)29(14-15-30)33(25,31)32)24(19)12-11-22-10-8-21(17-28-22)23-7-5-4-6-20(23)16-27/h4-8,10-12,17-19,24-26,30H,3,9,13-15H2,1-2H3/b12-11+/t18-,19-,24+,25-,26+/m1/s1. The molecule has 1 N–H and O–H groups in total. The van der Waals surface area contributed by atoms with Crippen LogP contribution in [0.3, 0.4) is 0 Å². The van der Waals surface area contributed by atoms with Gasteiger partial charge in [0.1, 0.15) is 0 Å². The number of aliphatic hydroxyl groups excluding tert-OH is 1. The number of pyridine rings is 1. The molecule has 4 rings (SSSR count). The Bertz CT molecular complexity index is 1150. The van der Waals surface area contributed by atoms with Gasteiger partial charge in [-0.15, -0.1) is 0 Å². The average molecular weight is 466 g/mol. The van der Waals surface area contributed by atoms with Gasteiger partial charge in [0.05, 0.1) is 29.2 Å². The predicted molar refractivity (Wildman–Crippen MR) is 129 cm³/mol. The Morgan fingerprint density at radius 3 is 2.70 bits per heavy atom. The molecule has 1 saturated heterocycles. The van der Waals surface area contributed by atoms with E-state index in [1.807, 2.05) is 43.3 Å². The van der Waals surface area contributed by atoms with Crippen LogP contribution < -0.4 is 0 Å². The number of hydrogen-bond donors (Lipinski definition) is 1. The maximum atomic E-state index is 13.1. The number of benzene rings is 1. The van der Waals surface area contributed by atoms with Crippen LogP contribution in [0.25, 0.3) is 17.2 Å². The molecule has 2 aromatic rings. The zero-order chi connectivity index (χ0) is 23.6. The third-order valence-electron chi connectivity index (χ3n) is 7.44. The zero-order valence-corrected chi connectivity index (χ0v) is 19.9. The Labute approximate surface area is 196 Å². The Morgan fingerprint density at radius 1 is 1.24 bits per heavy atom. The van der Waals surface area contributed by atoms with Crippen LogP contribution in [0.15, 0.2) is 48.7 Å². The highest BCUT2D eigenvalue weighted by molar-refractivity contribution is 7.90. The maximum absolute atomic E-state index is 13.1. The highest BCUT2D eigenvalue weighted by Crippen LogP contribution is 2.48. The highest BCUT2D eigenvalue weighted by Gasteiger charge is 2.55. The monoisotopic (exact) mass is 465 g/mol. The van der Waals surface area contributed by atoms with E-state index in [0.29, 0.717) is 17.9 Å². The zero-order valence-electron chi connectivity index (χ0n) is 19.1. The molecule has 6 nitrogen and oxygen atoms in total. The van der Waals surface area contributed by atoms with E-state index in [1.54, 1.807) is 12.3 Å². The van der Waals surface area contributed by atoms with Crippen LogP contribution in [0.2, 0.25) is 0 Å². The van der Waals surface area contributed by atoms with Gasteiger partial charge in [0.2, 0.25) is 10.0 Å². The number of fused-ring (bicyclic) bond motifs is 1. The molecule has 0 unspecified atom stereocenters. The average Bonchev–Trinajstić information content (AvgIpc) is 3.03. The molecule has 1 aromatic carbocycles. The minimum absolute atomic E-state index is 0.0123. The van der Waals surface area contributed by atoms with Crippen LogP contribution in [0.5, 0.6) is 0 Å². The summed E-state index contributed by atoms with van der Waals surface area (Å²) in [6, 6.07) is 13.5. The molecule has 2 aliphatic rings. The van der Waals surface area contributed by atoms with Crippen LogP contribution in [0.1, 0.15) is 44.4 Å². The third kappa shape index (κ3) is 4.35. The predicted octanol–water partition coefficient (Wildman–Crippen LogP) is 4.08. The molecule has 5 atom stereocenters. The van der Waals surface area contributed by atoms with Crippen molar-refractivity contribution in [1.29, 1.82) is 5.26 Å². The van der Waals surface area contributed by atoms with Crippen LogP contribution in [0, 0.1) is 29.1 Å². The summed E-state index contributed by atoms with van der Waals surface area (Å²) in [7, 11) is -3.39. The van der Waals surface area contributed by atoms with Crippen LogP contribution in [0.4, 0.5) is 0 Å². The maximum Gasteiger partial charge on any atom is 0.217 e. The van der Waals surface area contributed by atoms with Crippen molar-refractivity contribution in [1.82, 2.24) is 9.29 Å². The first kappa shape index (κ1) is 23.6. The Kier molecular flexibility index (Phi) is 6.99. The summed E-state index contributed by atoms with van der Waals surface area (Å²) >= 11 is 0. The molecule has 1 aliphatic heterocycles. The topological polar surface area (TPSA) is 94.3 Å². The summed E-state index contributed by atoms with van der Waals surface area (Å²) in [5.41, 5.74) is 3.18. The second-order valence-electron chi connectivity index (χ2n) is 9.05. The van der Waals surface area contributed by atoms with Gasteiger partial charge in [-0.05, 0) is 55.7 Å². The molecule has 0 spiro atoms. The molecule has 1 aromatic heterocycles. The first-order valence-electron chi connectivity index (χ1n) is 11.7. The van der Waals surface area contributed by atoms with Crippen LogP contribution in [-0.2, 0) is 10.0 Å². The number of aliphatic hydroxyl groups is 1. The van der Waals surface area contributed by atoms with E-state index < -0.39 is 10.0 Å². The van der Waals surface area contributed by atoms with E-state index in [0.717, 1.165) is 29.7 Å². The van der Waals surface area contributed by atoms with Crippen molar-refractivity contribution < 1.29 is 13.5 Å². The normalized spacial score (nSPS) is 29.1. The first-order chi connectivity index (χ1) is 15.9. The van der Waals surface area contributed by atoms with Gasteiger partial charge >= 0.3 is 0 Å². The second-order valence-corrected chi connectivity index (χ2v) is 11.2. The van der Waals surface area contributed by atoms with E-state index in [-0.39, 0.29) is 36.3 Å². The van der Waals surface area contributed by atoms with Gasteiger partial charge in [0.25, 0.3) is 0 Å². The quantitative estimate of drug-likeness (QED) is 0.694. The molecule has 0 radical (unpaired) electrons. The Hall–Kier alpha value is -2.53. The number of allylic oxidation sites excluding steroid dienone is 1. The van der Waals surface area contributed by atoms with E-state index >= 15 is 0 Å². The molecular formula is C26H31N3O3S. The summed E-state index contributed by atoms with van der Waals surface area (Å²) in [4.78, 5) is 4.59. The van der Waals surface area contributed by atoms with Crippen molar-refractivity contribution >= 4 is 16.1 Å². The van der Waals surface area contributed by atoms with Crippen molar-refractivity contribution in [3.8, 4) is 17.2 Å². The second kappa shape index (κ2) is 9.76. The Morgan fingerprint density at radius 2 is 2.03 bits per heavy atom. The molecule has 1 aliphatic carbocycles. The van der Waals surface area contributed by atoms with Crippen LogP contribution >= 0.6 is 0 Å². The fraction of sp³-hybridized carbons (Fsp3) is 0.462. The Balaban J connectivity index is 1.60. The number of nitrogens with zero attached hydrogens (tertiary/aromatic N) is 3. The molecule has 2 fully saturated rings. The summed E-state index contributed by atoms with van der Waals surface area (Å²) in [5.74, 6) is 0.581. The fourth-order valence-corrected chi connectivity index (χ4v) is 8.33. The smallest absolute Gasteiger partial charge is 0.217 e. The van der Waals surface area contributed by atoms with Crippen molar-refractivity contribution in [3.63, 3.8) is 0 Å². The molecular weight excluding hydrogens is 434 g/mol. The van der Waals surface area contributed by atoms with Crippen molar-refractivity contribution in [3.05, 3.63) is 59.9 Å². The van der Waals surface area contributed by atoms with Gasteiger partial charge in [0, 0.05) is 29.9 Å². The molecule has 0 amide bonds. The summed E-state index contributed by atoms with van der Waals surface area (Å²) < 4.78 is 27.8. The van der Waals surface area contributed by atoms with E-state index in [9.17, 15) is 18.8 Å². The molecule has 2 heterocycles. The van der Waals surface area contributed by atoms with Gasteiger partial charge < -0.3 is 5.11 Å². The highest BCUT2D eigenvalue weighted by atomic mass is 32.2. The number of aromatic nitrogens is 1. The van der Waals surface area contributed by atoms with E-state index in [1.165, 1.54) is 4.31 Å². The summed E-state index contributed by atoms with van der Waals surface area (Å²) in [6.45, 7) is 4.16. The van der Waals surface area contributed by atoms with Gasteiger partial charge in [-0.1, -0.05) is 43.7 Å². The van der Waals surface area contributed by atoms with Crippen molar-refractivity contribution in [2.75, 3.05) is 13.2 Å². The summed E-state index contributed by atoms with van der Waals surface area (Å²) in [6.07, 6.45) is 8.52. The lowest BCUT2D eigenvalue weighted by Gasteiger charge is -2.38. The number of hydrogen-bond acceptors (Lipinski definition) is 5. The van der Waals surface area contributed by atoms with Gasteiger partial charge in [-0.25, -0.2) is 8.42 Å². The summed E-state index contributed by atoms with van der Waals surface area (Å²) in [5, 5.41) is 18.4. The number of β-amino-alcohol motifs (C(OH)–C–C–N with tert-alkyl or cyclic N) is 1. The molecule has 33 heavy (non-hydrogen) atoms. The van der Waals surface area contributed by atoms with E-state index in [4.69, 9.17) is 0 Å². The van der Waals surface area contributed by atoms with E-state index in [2.05, 4.69) is 24.1 Å². The van der Waals surface area contributed by atoms with Gasteiger partial charge in [0.15, 0.2) is 0 Å². The SMILES string of the molecule is CC[C@@H]1CC[C@@H]2[C@H]([C@H]1/C=C/c1ccc(-c3ccccc3C#N)cn1)[C@@H](C)N(CCO)S2(=O)=O. The van der Waals surface area contributed by atoms with Crippen LogP contribution in [-0.4, -0.2) is 47.3 Å². The largest absolute Gasteiger partial charge is 0.395 e. The molecule has 174 valence electrons. The number of rotatable bonds is 6. The lowest BCUT2D eigenvalue weighted by molar-refractivity contribution is 0.144. The number of sulfonamides is 1. The van der Waals surface area contributed by atoms with Crippen molar-refractivity contribution in [2.24, 2.45) is 17.8 Å². The van der Waals surface area contributed by atoms with Gasteiger partial charge in [-0.2, -0.15) is 9.57 Å². The molecule has 1 saturated carbocycles. The lowest BCUT2D eigenvalue weighted by Crippen LogP contribution is -2.40. The lowest BCUT2D eigenvalue weighted by atomic mass is 9.68. The molecule has 7 heteroatoms. The van der Waals surface area contributed by atoms with Gasteiger partial charge in [-0.3, -0.25) is 4.98 Å². The minimum atomic E-state index is -3.39. The fourth-order valence-electron chi connectivity index (χ4n) is 5.80.